The van der Waals surface area contributed by atoms with Gasteiger partial charge in [0.15, 0.2) is 0 Å². The lowest BCUT2D eigenvalue weighted by Gasteiger charge is -2.28. The molecule has 0 bridgehead atoms. The number of nitrogens with one attached hydrogen (secondary N) is 2. The summed E-state index contributed by atoms with van der Waals surface area (Å²) in [5.74, 6) is -1.06. The van der Waals surface area contributed by atoms with Gasteiger partial charge in [0.25, 0.3) is 12.4 Å². The Labute approximate surface area is 173 Å². The number of phenolic OH excluding ortho intramolecular Hbond substituents is 1. The first kappa shape index (κ1) is 24.2. The van der Waals surface area contributed by atoms with Crippen LogP contribution in [0.4, 0.5) is 0 Å². The van der Waals surface area contributed by atoms with Crippen molar-refractivity contribution in [1.82, 2.24) is 10.6 Å². The van der Waals surface area contributed by atoms with Crippen LogP contribution in [0, 0.1) is 5.92 Å². The number of rotatable bonds is 6. The lowest BCUT2D eigenvalue weighted by atomic mass is 9.85. The maximum Gasteiger partial charge on any atom is 0.307 e. The summed E-state index contributed by atoms with van der Waals surface area (Å²) in [6.07, 6.45) is 2.79. The Morgan fingerprint density at radius 1 is 1.24 bits per heavy atom. The summed E-state index contributed by atoms with van der Waals surface area (Å²) in [6.45, 7) is 0.0101. The Balaban J connectivity index is 0.00000132. The van der Waals surface area contributed by atoms with Crippen molar-refractivity contribution in [2.75, 3.05) is 13.7 Å². The molecular formula is C19H25ClN2O7. The number of esters is 1. The van der Waals surface area contributed by atoms with Crippen molar-refractivity contribution in [1.29, 1.82) is 0 Å². The number of carboxylic acid groups (broad SMARTS) is 1. The van der Waals surface area contributed by atoms with E-state index in [0.29, 0.717) is 30.7 Å². The zero-order valence-corrected chi connectivity index (χ0v) is 16.8. The second-order valence-electron chi connectivity index (χ2n) is 6.41. The van der Waals surface area contributed by atoms with Crippen LogP contribution in [-0.4, -0.2) is 54.2 Å². The SMILES string of the molecule is COC(=O)CCNC(=O)C1CCC(NC(=O)c2cc(Cl)ccc2O)CC1.O=CO. The quantitative estimate of drug-likeness (QED) is 0.399. The van der Waals surface area contributed by atoms with E-state index in [1.165, 1.54) is 25.3 Å². The Morgan fingerprint density at radius 2 is 1.86 bits per heavy atom. The molecule has 0 aromatic heterocycles. The van der Waals surface area contributed by atoms with E-state index in [2.05, 4.69) is 15.4 Å². The number of carbonyl (C=O) groups excluding carboxylic acids is 3. The van der Waals surface area contributed by atoms with Crippen LogP contribution in [0.5, 0.6) is 5.75 Å². The van der Waals surface area contributed by atoms with E-state index in [-0.39, 0.29) is 60.5 Å². The molecule has 2 amide bonds. The summed E-state index contributed by atoms with van der Waals surface area (Å²) in [6, 6.07) is 4.26. The molecule has 9 nitrogen and oxygen atoms in total. The van der Waals surface area contributed by atoms with E-state index in [0.717, 1.165) is 0 Å². The number of carbonyl (C=O) groups is 4. The van der Waals surface area contributed by atoms with Crippen molar-refractivity contribution in [2.24, 2.45) is 5.92 Å². The van der Waals surface area contributed by atoms with Gasteiger partial charge >= 0.3 is 5.97 Å². The van der Waals surface area contributed by atoms with Crippen LogP contribution >= 0.6 is 11.6 Å². The molecule has 0 unspecified atom stereocenters. The van der Waals surface area contributed by atoms with Crippen molar-refractivity contribution in [3.05, 3.63) is 28.8 Å². The standard InChI is InChI=1S/C18H23ClN2O5.CH2O2/c1-26-16(23)8-9-20-17(24)11-2-5-13(6-3-11)21-18(25)14-10-12(19)4-7-15(14)22;2-1-3/h4,7,10-11,13,22H,2-3,5-6,8-9H2,1H3,(H,20,24)(H,21,25);1H,(H,2,3). The fraction of sp³-hybridized carbons (Fsp3) is 0.474. The molecule has 1 saturated carbocycles. The zero-order valence-electron chi connectivity index (χ0n) is 16.0. The van der Waals surface area contributed by atoms with Gasteiger partial charge in [0, 0.05) is 23.5 Å². The van der Waals surface area contributed by atoms with Crippen molar-refractivity contribution in [3.63, 3.8) is 0 Å². The van der Waals surface area contributed by atoms with Crippen LogP contribution in [0.3, 0.4) is 0 Å². The Kier molecular flexibility index (Phi) is 10.5. The highest BCUT2D eigenvalue weighted by atomic mass is 35.5. The summed E-state index contributed by atoms with van der Waals surface area (Å²) in [7, 11) is 1.31. The number of hydrogen-bond acceptors (Lipinski definition) is 6. The van der Waals surface area contributed by atoms with E-state index in [1.807, 2.05) is 0 Å². The van der Waals surface area contributed by atoms with Crippen LogP contribution in [0.1, 0.15) is 42.5 Å². The van der Waals surface area contributed by atoms with E-state index in [4.69, 9.17) is 21.5 Å². The number of aromatic hydroxyl groups is 1. The third kappa shape index (κ3) is 8.39. The molecule has 0 spiro atoms. The number of benzene rings is 1. The minimum Gasteiger partial charge on any atom is -0.507 e. The number of halogens is 1. The number of methoxy groups -OCH3 is 1. The molecule has 1 aromatic rings. The topological polar surface area (TPSA) is 142 Å². The molecule has 0 heterocycles. The van der Waals surface area contributed by atoms with Gasteiger partial charge in [-0.1, -0.05) is 11.6 Å². The molecule has 0 atom stereocenters. The van der Waals surface area contributed by atoms with E-state index < -0.39 is 0 Å². The first-order chi connectivity index (χ1) is 13.8. The first-order valence-electron chi connectivity index (χ1n) is 9.04. The fourth-order valence-electron chi connectivity index (χ4n) is 2.99. The Bertz CT molecular complexity index is 719. The average Bonchev–Trinajstić information content (AvgIpc) is 2.70. The molecule has 29 heavy (non-hydrogen) atoms. The van der Waals surface area contributed by atoms with Crippen LogP contribution in [0.25, 0.3) is 0 Å². The highest BCUT2D eigenvalue weighted by Gasteiger charge is 2.27. The third-order valence-electron chi connectivity index (χ3n) is 4.49. The highest BCUT2D eigenvalue weighted by Crippen LogP contribution is 2.26. The molecule has 0 radical (unpaired) electrons. The predicted molar refractivity (Wildman–Crippen MR) is 105 cm³/mol. The first-order valence-corrected chi connectivity index (χ1v) is 9.41. The summed E-state index contributed by atoms with van der Waals surface area (Å²) in [5, 5.41) is 22.7. The van der Waals surface area contributed by atoms with Crippen LogP contribution < -0.4 is 10.6 Å². The second kappa shape index (κ2) is 12.6. The lowest BCUT2D eigenvalue weighted by Crippen LogP contribution is -2.41. The fourth-order valence-corrected chi connectivity index (χ4v) is 3.16. The number of hydrogen-bond donors (Lipinski definition) is 4. The Morgan fingerprint density at radius 3 is 2.45 bits per heavy atom. The largest absolute Gasteiger partial charge is 0.507 e. The van der Waals surface area contributed by atoms with E-state index in [1.54, 1.807) is 0 Å². The molecular weight excluding hydrogens is 404 g/mol. The molecule has 1 aliphatic rings. The molecule has 10 heteroatoms. The molecule has 1 aliphatic carbocycles. The lowest BCUT2D eigenvalue weighted by molar-refractivity contribution is -0.140. The Hall–Kier alpha value is -2.81. The zero-order chi connectivity index (χ0) is 21.8. The number of phenols is 1. The average molecular weight is 429 g/mol. The third-order valence-corrected chi connectivity index (χ3v) is 4.73. The van der Waals surface area contributed by atoms with E-state index >= 15 is 0 Å². The molecule has 1 aromatic carbocycles. The van der Waals surface area contributed by atoms with Crippen molar-refractivity contribution >= 4 is 35.9 Å². The summed E-state index contributed by atoms with van der Waals surface area (Å²) < 4.78 is 4.52. The minimum atomic E-state index is -0.379. The predicted octanol–water partition coefficient (Wildman–Crippen LogP) is 1.71. The molecule has 1 fully saturated rings. The number of amides is 2. The molecule has 160 valence electrons. The van der Waals surface area contributed by atoms with E-state index in [9.17, 15) is 19.5 Å². The molecule has 2 rings (SSSR count). The van der Waals surface area contributed by atoms with Gasteiger partial charge in [0.05, 0.1) is 19.1 Å². The summed E-state index contributed by atoms with van der Waals surface area (Å²) in [4.78, 5) is 43.8. The highest BCUT2D eigenvalue weighted by molar-refractivity contribution is 6.31. The van der Waals surface area contributed by atoms with Gasteiger partial charge in [0.2, 0.25) is 5.91 Å². The molecule has 4 N–H and O–H groups in total. The van der Waals surface area contributed by atoms with Gasteiger partial charge in [-0.25, -0.2) is 0 Å². The maximum atomic E-state index is 12.3. The normalized spacial score (nSPS) is 17.9. The van der Waals surface area contributed by atoms with Crippen molar-refractivity contribution in [3.8, 4) is 5.75 Å². The van der Waals surface area contributed by atoms with Gasteiger partial charge < -0.3 is 25.6 Å². The monoisotopic (exact) mass is 428 g/mol. The van der Waals surface area contributed by atoms with Crippen molar-refractivity contribution in [2.45, 2.75) is 38.1 Å². The molecule has 0 aliphatic heterocycles. The smallest absolute Gasteiger partial charge is 0.307 e. The van der Waals surface area contributed by atoms with Gasteiger partial charge in [0.1, 0.15) is 5.75 Å². The number of ether oxygens (including phenoxy) is 1. The molecule has 0 saturated heterocycles. The second-order valence-corrected chi connectivity index (χ2v) is 6.84. The maximum absolute atomic E-state index is 12.3. The van der Waals surface area contributed by atoms with Gasteiger partial charge in [-0.2, -0.15) is 0 Å². The minimum absolute atomic E-state index is 0.0556. The van der Waals surface area contributed by atoms with Crippen LogP contribution in [0.2, 0.25) is 5.02 Å². The summed E-state index contributed by atoms with van der Waals surface area (Å²) >= 11 is 5.86. The van der Waals surface area contributed by atoms with Crippen LogP contribution in [-0.2, 0) is 19.1 Å². The van der Waals surface area contributed by atoms with Gasteiger partial charge in [-0.05, 0) is 43.9 Å². The van der Waals surface area contributed by atoms with Crippen LogP contribution in [0.15, 0.2) is 18.2 Å². The van der Waals surface area contributed by atoms with Gasteiger partial charge in [-0.3, -0.25) is 19.2 Å². The van der Waals surface area contributed by atoms with Gasteiger partial charge in [-0.15, -0.1) is 0 Å². The summed E-state index contributed by atoms with van der Waals surface area (Å²) in [5.41, 5.74) is 0.139. The van der Waals surface area contributed by atoms with Crippen molar-refractivity contribution < 1.29 is 34.1 Å².